The van der Waals surface area contributed by atoms with Crippen molar-refractivity contribution in [2.75, 3.05) is 0 Å². The topological polar surface area (TPSA) is 4.36 Å². The third-order valence-corrected chi connectivity index (χ3v) is 9.43. The van der Waals surface area contributed by atoms with Gasteiger partial charge in [0.1, 0.15) is 0 Å². The van der Waals surface area contributed by atoms with Crippen molar-refractivity contribution in [3.63, 3.8) is 0 Å². The Balaban J connectivity index is 1.52. The summed E-state index contributed by atoms with van der Waals surface area (Å²) in [5, 5.41) is 0. The Hall–Kier alpha value is -2.37. The molecule has 4 bridgehead atoms. The quantitative estimate of drug-likeness (QED) is 0.317. The highest BCUT2D eigenvalue weighted by Crippen LogP contribution is 2.70. The summed E-state index contributed by atoms with van der Waals surface area (Å²) >= 11 is 3.81. The Labute approximate surface area is 192 Å². The van der Waals surface area contributed by atoms with Crippen molar-refractivity contribution < 1.29 is 0 Å². The highest BCUT2D eigenvalue weighted by atomic mass is 79.9. The molecule has 1 nitrogen and oxygen atoms in total. The molecule has 31 heavy (non-hydrogen) atoms. The van der Waals surface area contributed by atoms with Gasteiger partial charge in [0.15, 0.2) is 5.69 Å². The van der Waals surface area contributed by atoms with Gasteiger partial charge >= 0.3 is 0 Å². The van der Waals surface area contributed by atoms with Crippen molar-refractivity contribution >= 4 is 21.6 Å². The first-order valence-corrected chi connectivity index (χ1v) is 12.4. The fourth-order valence-corrected chi connectivity index (χ4v) is 8.53. The molecule has 5 aliphatic rings. The number of benzene rings is 3. The van der Waals surface area contributed by atoms with E-state index in [9.17, 15) is 0 Å². The van der Waals surface area contributed by atoms with Gasteiger partial charge in [0.05, 0.1) is 6.57 Å². The van der Waals surface area contributed by atoms with Crippen LogP contribution in [-0.4, -0.2) is 0 Å². The van der Waals surface area contributed by atoms with Gasteiger partial charge in [-0.2, -0.15) is 0 Å². The van der Waals surface area contributed by atoms with E-state index in [1.807, 2.05) is 12.1 Å². The molecule has 0 aliphatic heterocycles. The molecule has 8 rings (SSSR count). The van der Waals surface area contributed by atoms with E-state index in [4.69, 9.17) is 6.57 Å². The Kier molecular flexibility index (Phi) is 3.72. The van der Waals surface area contributed by atoms with Crippen LogP contribution in [0.25, 0.3) is 27.1 Å². The van der Waals surface area contributed by atoms with E-state index in [-0.39, 0.29) is 5.41 Å². The van der Waals surface area contributed by atoms with Gasteiger partial charge in [-0.3, -0.25) is 0 Å². The van der Waals surface area contributed by atoms with Crippen LogP contribution in [0.15, 0.2) is 65.1 Å². The summed E-state index contributed by atoms with van der Waals surface area (Å²) in [6.07, 6.45) is 7.10. The van der Waals surface area contributed by atoms with E-state index >= 15 is 0 Å². The second kappa shape index (κ2) is 6.33. The molecule has 3 aromatic carbocycles. The van der Waals surface area contributed by atoms with Gasteiger partial charge in [0, 0.05) is 9.89 Å². The predicted molar refractivity (Wildman–Crippen MR) is 129 cm³/mol. The van der Waals surface area contributed by atoms with Crippen LogP contribution in [0.1, 0.15) is 43.2 Å². The van der Waals surface area contributed by atoms with E-state index in [0.29, 0.717) is 5.69 Å². The molecule has 4 fully saturated rings. The second-order valence-electron chi connectivity index (χ2n) is 10.3. The second-order valence-corrected chi connectivity index (χ2v) is 11.2. The van der Waals surface area contributed by atoms with E-state index in [0.717, 1.165) is 23.7 Å². The van der Waals surface area contributed by atoms with Crippen LogP contribution in [0.2, 0.25) is 0 Å². The lowest BCUT2D eigenvalue weighted by Gasteiger charge is -2.61. The molecule has 0 amide bonds. The van der Waals surface area contributed by atoms with Gasteiger partial charge in [-0.1, -0.05) is 64.5 Å². The molecule has 0 unspecified atom stereocenters. The molecule has 1 spiro atoms. The molecule has 152 valence electrons. The lowest BCUT2D eigenvalue weighted by molar-refractivity contribution is -0.0399. The average molecular weight is 466 g/mol. The highest BCUT2D eigenvalue weighted by molar-refractivity contribution is 9.10. The van der Waals surface area contributed by atoms with Gasteiger partial charge in [0.2, 0.25) is 0 Å². The first kappa shape index (κ1) is 18.2. The SMILES string of the molecule is [C-]#[N+]c1ccc(-c2cccc3c2-c2ccc(Br)cc2C32C3CC4CC(C3)CC2C4)cc1. The summed E-state index contributed by atoms with van der Waals surface area (Å²) < 4.78 is 1.20. The number of hydrogen-bond acceptors (Lipinski definition) is 0. The summed E-state index contributed by atoms with van der Waals surface area (Å²) in [5.41, 5.74) is 9.50. The first-order valence-electron chi connectivity index (χ1n) is 11.6. The molecule has 0 saturated heterocycles. The zero-order chi connectivity index (χ0) is 20.7. The molecule has 0 N–H and O–H groups in total. The Morgan fingerprint density at radius 3 is 2.16 bits per heavy atom. The van der Waals surface area contributed by atoms with Crippen LogP contribution in [0.4, 0.5) is 5.69 Å². The van der Waals surface area contributed by atoms with Crippen molar-refractivity contribution in [2.45, 2.75) is 37.5 Å². The molecule has 0 heterocycles. The lowest BCUT2D eigenvalue weighted by Crippen LogP contribution is -2.55. The molecule has 4 saturated carbocycles. The minimum atomic E-state index is 0.189. The summed E-state index contributed by atoms with van der Waals surface area (Å²) in [6, 6.07) is 22.2. The lowest BCUT2D eigenvalue weighted by atomic mass is 9.43. The van der Waals surface area contributed by atoms with E-state index < -0.39 is 0 Å². The maximum absolute atomic E-state index is 7.30. The molecular weight excluding hydrogens is 442 g/mol. The average Bonchev–Trinajstić information content (AvgIpc) is 3.07. The molecule has 0 radical (unpaired) electrons. The van der Waals surface area contributed by atoms with Gasteiger partial charge in [-0.25, -0.2) is 4.85 Å². The summed E-state index contributed by atoms with van der Waals surface area (Å²) in [5.74, 6) is 3.46. The van der Waals surface area contributed by atoms with Crippen LogP contribution in [0, 0.1) is 30.2 Å². The molecule has 0 atom stereocenters. The fraction of sp³-hybridized carbons (Fsp3) is 0.345. The zero-order valence-corrected chi connectivity index (χ0v) is 19.0. The summed E-state index contributed by atoms with van der Waals surface area (Å²) in [7, 11) is 0. The Morgan fingerprint density at radius 2 is 1.48 bits per heavy atom. The van der Waals surface area contributed by atoms with Crippen molar-refractivity contribution in [2.24, 2.45) is 23.7 Å². The Morgan fingerprint density at radius 1 is 0.774 bits per heavy atom. The molecule has 3 aromatic rings. The molecule has 0 aromatic heterocycles. The molecule has 5 aliphatic carbocycles. The first-order chi connectivity index (χ1) is 15.2. The Bertz CT molecular complexity index is 1230. The van der Waals surface area contributed by atoms with Gasteiger partial charge < -0.3 is 0 Å². The van der Waals surface area contributed by atoms with Crippen molar-refractivity contribution in [3.8, 4) is 22.3 Å². The molecule has 2 heteroatoms. The highest BCUT2D eigenvalue weighted by Gasteiger charge is 2.61. The van der Waals surface area contributed by atoms with Gasteiger partial charge in [-0.15, -0.1) is 0 Å². The minimum Gasteiger partial charge on any atom is -0.238 e. The normalized spacial score (nSPS) is 31.5. The largest absolute Gasteiger partial charge is 0.238 e. The van der Waals surface area contributed by atoms with Crippen LogP contribution < -0.4 is 0 Å². The third-order valence-electron chi connectivity index (χ3n) is 8.94. The number of nitrogens with zero attached hydrogens (tertiary/aromatic N) is 1. The van der Waals surface area contributed by atoms with Crippen molar-refractivity contribution in [1.29, 1.82) is 0 Å². The number of halogens is 1. The smallest absolute Gasteiger partial charge is 0.187 e. The fourth-order valence-electron chi connectivity index (χ4n) is 8.17. The summed E-state index contributed by atoms with van der Waals surface area (Å²) in [6.45, 7) is 7.30. The molecular formula is C29H24BrN. The predicted octanol–water partition coefficient (Wildman–Crippen LogP) is 8.39. The van der Waals surface area contributed by atoms with Crippen LogP contribution in [-0.2, 0) is 5.41 Å². The third kappa shape index (κ3) is 2.31. The van der Waals surface area contributed by atoms with Crippen LogP contribution >= 0.6 is 15.9 Å². The van der Waals surface area contributed by atoms with E-state index in [1.54, 1.807) is 11.1 Å². The van der Waals surface area contributed by atoms with Gasteiger partial charge in [-0.05, 0) is 101 Å². The standard InChI is InChI=1S/C29H24BrN/c1-31-23-8-5-19(6-9-23)24-3-2-4-26-28(24)25-10-7-22(30)16-27(25)29(26)20-12-17-11-18(14-20)15-21(29)13-17/h2-10,16-18,20-21H,11-15H2. The zero-order valence-electron chi connectivity index (χ0n) is 17.4. The van der Waals surface area contributed by atoms with Crippen LogP contribution in [0.3, 0.4) is 0 Å². The van der Waals surface area contributed by atoms with Crippen LogP contribution in [0.5, 0.6) is 0 Å². The monoisotopic (exact) mass is 465 g/mol. The number of fused-ring (bicyclic) bond motifs is 3. The number of hydrogen-bond donors (Lipinski definition) is 0. The maximum Gasteiger partial charge on any atom is 0.187 e. The summed E-state index contributed by atoms with van der Waals surface area (Å²) in [4.78, 5) is 3.59. The number of rotatable bonds is 1. The maximum atomic E-state index is 7.30. The van der Waals surface area contributed by atoms with E-state index in [1.165, 1.54) is 58.8 Å². The van der Waals surface area contributed by atoms with E-state index in [2.05, 4.69) is 69.3 Å². The van der Waals surface area contributed by atoms with Gasteiger partial charge in [0.25, 0.3) is 0 Å². The minimum absolute atomic E-state index is 0.189. The van der Waals surface area contributed by atoms with Crippen molar-refractivity contribution in [1.82, 2.24) is 0 Å². The van der Waals surface area contributed by atoms with Crippen molar-refractivity contribution in [3.05, 3.63) is 87.7 Å².